The van der Waals surface area contributed by atoms with Crippen LogP contribution in [0.4, 0.5) is 0 Å². The SMILES string of the molecule is CCN1CCN(CC2CN([I-]C)C2)C[C@@H]1C. The molecule has 2 aliphatic rings. The van der Waals surface area contributed by atoms with Crippen LogP contribution in [0.25, 0.3) is 0 Å². The van der Waals surface area contributed by atoms with Gasteiger partial charge >= 0.3 is 111 Å². The molecule has 0 N–H and O–H groups in total. The summed E-state index contributed by atoms with van der Waals surface area (Å²) in [5, 5.41) is 0. The van der Waals surface area contributed by atoms with Gasteiger partial charge in [-0.05, 0) is 0 Å². The van der Waals surface area contributed by atoms with Crippen LogP contribution in [0.3, 0.4) is 0 Å². The Hall–Kier alpha value is 0.610. The van der Waals surface area contributed by atoms with Gasteiger partial charge in [0.1, 0.15) is 0 Å². The van der Waals surface area contributed by atoms with Crippen molar-refractivity contribution in [1.82, 2.24) is 12.9 Å². The summed E-state index contributed by atoms with van der Waals surface area (Å²) in [6.07, 6.45) is 0. The summed E-state index contributed by atoms with van der Waals surface area (Å²) in [7, 11) is 0. The Balaban J connectivity index is 1.68. The van der Waals surface area contributed by atoms with E-state index in [1.54, 1.807) is 0 Å². The Labute approximate surface area is 111 Å². The first-order valence-electron chi connectivity index (χ1n) is 6.44. The van der Waals surface area contributed by atoms with Crippen LogP contribution in [0.5, 0.6) is 0 Å². The van der Waals surface area contributed by atoms with Crippen LogP contribution in [0.2, 0.25) is 0 Å². The zero-order valence-electron chi connectivity index (χ0n) is 10.8. The summed E-state index contributed by atoms with van der Waals surface area (Å²) in [5.74, 6) is 0.972. The number of hydrogen-bond acceptors (Lipinski definition) is 3. The van der Waals surface area contributed by atoms with Crippen LogP contribution in [-0.2, 0) is 0 Å². The fourth-order valence-electron chi connectivity index (χ4n) is 2.83. The molecule has 0 aromatic heterocycles. The van der Waals surface area contributed by atoms with Gasteiger partial charge in [-0.3, -0.25) is 0 Å². The zero-order valence-corrected chi connectivity index (χ0v) is 13.0. The fourth-order valence-corrected chi connectivity index (χ4v) is 4.73. The van der Waals surface area contributed by atoms with Crippen molar-refractivity contribution in [3.8, 4) is 0 Å². The number of piperazine rings is 1. The van der Waals surface area contributed by atoms with Crippen molar-refractivity contribution in [3.63, 3.8) is 0 Å². The van der Waals surface area contributed by atoms with E-state index in [2.05, 4.69) is 31.7 Å². The summed E-state index contributed by atoms with van der Waals surface area (Å²) >= 11 is 0.367. The molecule has 0 unspecified atom stereocenters. The van der Waals surface area contributed by atoms with Crippen LogP contribution >= 0.6 is 0 Å². The van der Waals surface area contributed by atoms with E-state index in [-0.39, 0.29) is 0 Å². The van der Waals surface area contributed by atoms with Gasteiger partial charge in [0, 0.05) is 0 Å². The molecule has 0 aromatic rings. The average molecular weight is 338 g/mol. The topological polar surface area (TPSA) is 9.72 Å². The number of hydrogen-bond donors (Lipinski definition) is 0. The van der Waals surface area contributed by atoms with Crippen LogP contribution in [0, 0.1) is 5.92 Å². The summed E-state index contributed by atoms with van der Waals surface area (Å²) in [6.45, 7) is 13.8. The standard InChI is InChI=1S/C12H25IN3/c1-4-15-6-5-14(7-11(15)2)8-12-9-16(10-12)13-3/h11-12H,4-10H2,1-3H3/q-1/t11-/m0/s1. The molecule has 0 aromatic carbocycles. The molecular formula is C12H25IN3-. The normalized spacial score (nSPS) is 30.8. The van der Waals surface area contributed by atoms with Gasteiger partial charge in [-0.25, -0.2) is 0 Å². The Bertz CT molecular complexity index is 218. The molecule has 4 heteroatoms. The molecule has 0 amide bonds. The third-order valence-corrected chi connectivity index (χ3v) is 6.08. The van der Waals surface area contributed by atoms with Gasteiger partial charge < -0.3 is 0 Å². The maximum absolute atomic E-state index is 2.69. The van der Waals surface area contributed by atoms with Gasteiger partial charge in [0.05, 0.1) is 0 Å². The third kappa shape index (κ3) is 3.09. The van der Waals surface area contributed by atoms with Gasteiger partial charge in [-0.2, -0.15) is 0 Å². The number of halogens is 1. The van der Waals surface area contributed by atoms with Gasteiger partial charge in [0.25, 0.3) is 0 Å². The number of alkyl halides is 1. The molecule has 96 valence electrons. The number of nitrogens with zero attached hydrogens (tertiary/aromatic N) is 3. The first kappa shape index (κ1) is 13.1. The molecule has 1 atom stereocenters. The maximum atomic E-state index is 2.69. The van der Waals surface area contributed by atoms with E-state index in [4.69, 9.17) is 0 Å². The summed E-state index contributed by atoms with van der Waals surface area (Å²) < 4.78 is 2.65. The minimum absolute atomic E-state index is 0.367. The summed E-state index contributed by atoms with van der Waals surface area (Å²) in [4.78, 5) is 7.66. The van der Waals surface area contributed by atoms with E-state index < -0.39 is 0 Å². The van der Waals surface area contributed by atoms with Crippen molar-refractivity contribution < 1.29 is 21.5 Å². The van der Waals surface area contributed by atoms with Crippen molar-refractivity contribution in [1.29, 1.82) is 0 Å². The van der Waals surface area contributed by atoms with Crippen molar-refractivity contribution in [2.75, 3.05) is 50.7 Å². The first-order valence-corrected chi connectivity index (χ1v) is 9.56. The number of rotatable bonds is 4. The average Bonchev–Trinajstić information content (AvgIpc) is 2.23. The Morgan fingerprint density at radius 2 is 1.94 bits per heavy atom. The van der Waals surface area contributed by atoms with E-state index in [1.165, 1.54) is 45.8 Å². The molecule has 3 nitrogen and oxygen atoms in total. The monoisotopic (exact) mass is 338 g/mol. The third-order valence-electron chi connectivity index (χ3n) is 3.92. The fraction of sp³-hybridized carbons (Fsp3) is 1.00. The predicted octanol–water partition coefficient (Wildman–Crippen LogP) is -2.42. The minimum atomic E-state index is 0.367. The van der Waals surface area contributed by atoms with E-state index in [9.17, 15) is 0 Å². The van der Waals surface area contributed by atoms with Crippen molar-refractivity contribution in [3.05, 3.63) is 0 Å². The van der Waals surface area contributed by atoms with E-state index in [0.29, 0.717) is 21.5 Å². The summed E-state index contributed by atoms with van der Waals surface area (Å²) in [5.41, 5.74) is 0. The molecule has 2 fully saturated rings. The second-order valence-electron chi connectivity index (χ2n) is 5.10. The second kappa shape index (κ2) is 5.98. The van der Waals surface area contributed by atoms with Crippen molar-refractivity contribution in [2.24, 2.45) is 5.92 Å². The van der Waals surface area contributed by atoms with Crippen molar-refractivity contribution >= 4 is 0 Å². The van der Waals surface area contributed by atoms with Crippen LogP contribution in [0.15, 0.2) is 0 Å². The number of likely N-dealkylation sites (N-methyl/N-ethyl adjacent to an activating group) is 1. The molecule has 2 heterocycles. The molecule has 2 aliphatic heterocycles. The van der Waals surface area contributed by atoms with Gasteiger partial charge in [-0.15, -0.1) is 0 Å². The van der Waals surface area contributed by atoms with Crippen molar-refractivity contribution in [2.45, 2.75) is 19.9 Å². The van der Waals surface area contributed by atoms with Gasteiger partial charge in [-0.1, -0.05) is 0 Å². The van der Waals surface area contributed by atoms with Gasteiger partial charge in [0.15, 0.2) is 0 Å². The molecule has 0 spiro atoms. The van der Waals surface area contributed by atoms with E-state index in [0.717, 1.165) is 12.0 Å². The van der Waals surface area contributed by atoms with Crippen LogP contribution in [-0.4, -0.2) is 69.7 Å². The quantitative estimate of drug-likeness (QED) is 0.321. The second-order valence-corrected chi connectivity index (χ2v) is 7.43. The molecular weight excluding hydrogens is 313 g/mol. The molecule has 0 bridgehead atoms. The Kier molecular flexibility index (Phi) is 4.88. The van der Waals surface area contributed by atoms with E-state index in [1.807, 2.05) is 0 Å². The molecule has 2 rings (SSSR count). The zero-order chi connectivity index (χ0) is 11.5. The Morgan fingerprint density at radius 3 is 2.50 bits per heavy atom. The molecule has 0 aliphatic carbocycles. The first-order chi connectivity index (χ1) is 7.72. The van der Waals surface area contributed by atoms with Crippen LogP contribution in [0.1, 0.15) is 13.8 Å². The summed E-state index contributed by atoms with van der Waals surface area (Å²) in [6, 6.07) is 0.758. The molecule has 16 heavy (non-hydrogen) atoms. The molecule has 0 saturated carbocycles. The molecule has 0 radical (unpaired) electrons. The van der Waals surface area contributed by atoms with Crippen LogP contribution < -0.4 is 21.5 Å². The molecule has 2 saturated heterocycles. The Morgan fingerprint density at radius 1 is 1.19 bits per heavy atom. The van der Waals surface area contributed by atoms with Gasteiger partial charge in [0.2, 0.25) is 0 Å². The predicted molar refractivity (Wildman–Crippen MR) is 64.1 cm³/mol. The van der Waals surface area contributed by atoms with E-state index >= 15 is 0 Å².